The van der Waals surface area contributed by atoms with Crippen molar-refractivity contribution in [1.82, 2.24) is 20.1 Å². The minimum atomic E-state index is -0.731. The van der Waals surface area contributed by atoms with Crippen molar-refractivity contribution >= 4 is 17.7 Å². The Morgan fingerprint density at radius 1 is 1.34 bits per heavy atom. The van der Waals surface area contributed by atoms with Gasteiger partial charge in [-0.1, -0.05) is 43.2 Å². The lowest BCUT2D eigenvalue weighted by Crippen LogP contribution is -2.51. The highest BCUT2D eigenvalue weighted by molar-refractivity contribution is 8.00. The Morgan fingerprint density at radius 2 is 2.07 bits per heavy atom. The van der Waals surface area contributed by atoms with E-state index in [0.717, 1.165) is 43.4 Å². The van der Waals surface area contributed by atoms with Gasteiger partial charge in [-0.2, -0.15) is 5.26 Å². The van der Waals surface area contributed by atoms with E-state index in [9.17, 15) is 10.1 Å². The van der Waals surface area contributed by atoms with Crippen molar-refractivity contribution in [2.75, 3.05) is 7.11 Å². The van der Waals surface area contributed by atoms with Crippen molar-refractivity contribution in [2.45, 2.75) is 68.4 Å². The number of aromatic nitrogens is 3. The maximum atomic E-state index is 12.8. The summed E-state index contributed by atoms with van der Waals surface area (Å²) < 4.78 is 7.43. The third-order valence-electron chi connectivity index (χ3n) is 5.32. The molecule has 0 radical (unpaired) electrons. The fourth-order valence-corrected chi connectivity index (χ4v) is 4.57. The lowest BCUT2D eigenvalue weighted by Gasteiger charge is -2.32. The van der Waals surface area contributed by atoms with Crippen LogP contribution in [0.5, 0.6) is 5.75 Å². The molecule has 1 aromatic heterocycles. The predicted molar refractivity (Wildman–Crippen MR) is 113 cm³/mol. The highest BCUT2D eigenvalue weighted by atomic mass is 32.2. The van der Waals surface area contributed by atoms with E-state index in [4.69, 9.17) is 4.74 Å². The standard InChI is InChI=1S/C21H27N5O2S/c1-4-26-18(16-10-6-7-11-17(16)28-3)24-25-20(26)29-15(2)19(27)23-21(14-22)12-8-5-9-13-21/h6-7,10-11,15H,4-5,8-9,12-13H2,1-3H3,(H,23,27)/t15-/m1/s1. The maximum Gasteiger partial charge on any atom is 0.234 e. The van der Waals surface area contributed by atoms with Crippen LogP contribution in [0.3, 0.4) is 0 Å². The zero-order valence-corrected chi connectivity index (χ0v) is 18.0. The third kappa shape index (κ3) is 4.56. The second kappa shape index (κ2) is 9.31. The van der Waals surface area contributed by atoms with E-state index in [-0.39, 0.29) is 11.2 Å². The van der Waals surface area contributed by atoms with Gasteiger partial charge in [0, 0.05) is 6.54 Å². The average Bonchev–Trinajstić information content (AvgIpc) is 3.16. The van der Waals surface area contributed by atoms with E-state index in [1.54, 1.807) is 7.11 Å². The molecule has 0 saturated heterocycles. The quantitative estimate of drug-likeness (QED) is 0.694. The second-order valence-electron chi connectivity index (χ2n) is 7.25. The van der Waals surface area contributed by atoms with Crippen LogP contribution in [-0.2, 0) is 11.3 Å². The summed E-state index contributed by atoms with van der Waals surface area (Å²) in [6.45, 7) is 4.52. The van der Waals surface area contributed by atoms with Gasteiger partial charge in [-0.15, -0.1) is 10.2 Å². The van der Waals surface area contributed by atoms with Gasteiger partial charge in [-0.05, 0) is 38.8 Å². The summed E-state index contributed by atoms with van der Waals surface area (Å²) in [6.07, 6.45) is 4.50. The molecule has 7 nitrogen and oxygen atoms in total. The molecule has 0 spiro atoms. The molecular weight excluding hydrogens is 386 g/mol. The topological polar surface area (TPSA) is 92.8 Å². The predicted octanol–water partition coefficient (Wildman–Crippen LogP) is 3.80. The van der Waals surface area contributed by atoms with E-state index in [1.807, 2.05) is 42.7 Å². The molecule has 1 aromatic carbocycles. The van der Waals surface area contributed by atoms with Crippen LogP contribution < -0.4 is 10.1 Å². The van der Waals surface area contributed by atoms with Crippen LogP contribution in [0, 0.1) is 11.3 Å². The molecule has 2 aromatic rings. The van der Waals surface area contributed by atoms with Crippen LogP contribution in [0.4, 0.5) is 0 Å². The van der Waals surface area contributed by atoms with E-state index >= 15 is 0 Å². The van der Waals surface area contributed by atoms with Gasteiger partial charge in [0.15, 0.2) is 11.0 Å². The third-order valence-corrected chi connectivity index (χ3v) is 6.40. The van der Waals surface area contributed by atoms with Gasteiger partial charge in [0.05, 0.1) is 24.0 Å². The SMILES string of the molecule is CCn1c(S[C@H](C)C(=O)NC2(C#N)CCCCC2)nnc1-c1ccccc1OC. The zero-order valence-electron chi connectivity index (χ0n) is 17.1. The summed E-state index contributed by atoms with van der Waals surface area (Å²) in [5.41, 5.74) is 0.129. The number of carbonyl (C=O) groups excluding carboxylic acids is 1. The number of methoxy groups -OCH3 is 1. The number of thioether (sulfide) groups is 1. The smallest absolute Gasteiger partial charge is 0.234 e. The fourth-order valence-electron chi connectivity index (χ4n) is 3.66. The number of hydrogen-bond donors (Lipinski definition) is 1. The molecule has 154 valence electrons. The zero-order chi connectivity index (χ0) is 20.9. The number of hydrogen-bond acceptors (Lipinski definition) is 6. The highest BCUT2D eigenvalue weighted by Crippen LogP contribution is 2.33. The molecule has 8 heteroatoms. The number of nitriles is 1. The molecule has 29 heavy (non-hydrogen) atoms. The van der Waals surface area contributed by atoms with Gasteiger partial charge >= 0.3 is 0 Å². The van der Waals surface area contributed by atoms with Crippen molar-refractivity contribution in [3.8, 4) is 23.2 Å². The molecule has 1 atom stereocenters. The summed E-state index contributed by atoms with van der Waals surface area (Å²) in [4.78, 5) is 12.8. The van der Waals surface area contributed by atoms with Crippen LogP contribution in [0.15, 0.2) is 29.4 Å². The Hall–Kier alpha value is -2.53. The Balaban J connectivity index is 1.77. The second-order valence-corrected chi connectivity index (χ2v) is 8.56. The number of nitrogens with one attached hydrogen (secondary N) is 1. The van der Waals surface area contributed by atoms with Crippen LogP contribution >= 0.6 is 11.8 Å². The van der Waals surface area contributed by atoms with E-state index in [1.165, 1.54) is 11.8 Å². The number of ether oxygens (including phenoxy) is 1. The average molecular weight is 414 g/mol. The first-order valence-corrected chi connectivity index (χ1v) is 10.9. The van der Waals surface area contributed by atoms with Gasteiger partial charge in [0.1, 0.15) is 11.3 Å². The molecule has 0 unspecified atom stereocenters. The Morgan fingerprint density at radius 3 is 2.72 bits per heavy atom. The summed E-state index contributed by atoms with van der Waals surface area (Å²) in [5, 5.41) is 21.6. The number of rotatable bonds is 7. The normalized spacial score (nSPS) is 16.6. The first-order valence-electron chi connectivity index (χ1n) is 10.00. The highest BCUT2D eigenvalue weighted by Gasteiger charge is 2.35. The first kappa shape index (κ1) is 21.2. The van der Waals surface area contributed by atoms with Crippen LogP contribution in [0.25, 0.3) is 11.4 Å². The maximum absolute atomic E-state index is 12.8. The van der Waals surface area contributed by atoms with Crippen molar-refractivity contribution in [2.24, 2.45) is 0 Å². The summed E-state index contributed by atoms with van der Waals surface area (Å²) in [5.74, 6) is 1.30. The van der Waals surface area contributed by atoms with Crippen molar-refractivity contribution < 1.29 is 9.53 Å². The summed E-state index contributed by atoms with van der Waals surface area (Å²) >= 11 is 1.36. The number of para-hydroxylation sites is 1. The Kier molecular flexibility index (Phi) is 6.80. The van der Waals surface area contributed by atoms with Gasteiger partial charge in [-0.25, -0.2) is 0 Å². The molecule has 1 amide bonds. The fraction of sp³-hybridized carbons (Fsp3) is 0.524. The molecule has 3 rings (SSSR count). The van der Waals surface area contributed by atoms with E-state index < -0.39 is 5.54 Å². The Bertz CT molecular complexity index is 899. The minimum absolute atomic E-state index is 0.136. The van der Waals surface area contributed by atoms with Crippen molar-refractivity contribution in [3.05, 3.63) is 24.3 Å². The van der Waals surface area contributed by atoms with Crippen molar-refractivity contribution in [1.29, 1.82) is 5.26 Å². The van der Waals surface area contributed by atoms with Crippen LogP contribution in [0.2, 0.25) is 0 Å². The number of carbonyl (C=O) groups is 1. The van der Waals surface area contributed by atoms with Crippen molar-refractivity contribution in [3.63, 3.8) is 0 Å². The lowest BCUT2D eigenvalue weighted by atomic mass is 9.83. The van der Waals surface area contributed by atoms with Gasteiger partial charge in [0.2, 0.25) is 5.91 Å². The molecular formula is C21H27N5O2S. The molecule has 1 saturated carbocycles. The van der Waals surface area contributed by atoms with Crippen LogP contribution in [-0.4, -0.2) is 38.6 Å². The first-order chi connectivity index (χ1) is 14.0. The molecule has 0 aliphatic heterocycles. The monoisotopic (exact) mass is 413 g/mol. The van der Waals surface area contributed by atoms with E-state index in [0.29, 0.717) is 17.5 Å². The number of amides is 1. The molecule has 1 heterocycles. The van der Waals surface area contributed by atoms with E-state index in [2.05, 4.69) is 21.6 Å². The van der Waals surface area contributed by atoms with Crippen LogP contribution in [0.1, 0.15) is 46.0 Å². The Labute approximate surface area is 175 Å². The minimum Gasteiger partial charge on any atom is -0.496 e. The number of benzene rings is 1. The van der Waals surface area contributed by atoms with Gasteiger partial charge < -0.3 is 14.6 Å². The summed E-state index contributed by atoms with van der Waals surface area (Å²) in [7, 11) is 1.63. The van der Waals surface area contributed by atoms with Gasteiger partial charge in [0.25, 0.3) is 0 Å². The summed E-state index contributed by atoms with van der Waals surface area (Å²) in [6, 6.07) is 10.0. The molecule has 1 fully saturated rings. The molecule has 1 aliphatic carbocycles. The molecule has 1 N–H and O–H groups in total. The largest absolute Gasteiger partial charge is 0.496 e. The molecule has 0 bridgehead atoms. The molecule has 1 aliphatic rings. The lowest BCUT2D eigenvalue weighted by molar-refractivity contribution is -0.121. The number of nitrogens with zero attached hydrogens (tertiary/aromatic N) is 4. The van der Waals surface area contributed by atoms with Gasteiger partial charge in [-0.3, -0.25) is 4.79 Å².